The quantitative estimate of drug-likeness (QED) is 0.304. The van der Waals surface area contributed by atoms with Crippen LogP contribution < -0.4 is 21.5 Å². The Labute approximate surface area is 249 Å². The third kappa shape index (κ3) is 5.28. The molecule has 3 aromatic heterocycles. The number of para-hydroxylation sites is 1. The van der Waals surface area contributed by atoms with Crippen LogP contribution in [0.15, 0.2) is 83.9 Å². The summed E-state index contributed by atoms with van der Waals surface area (Å²) < 4.78 is 8.67. The van der Waals surface area contributed by atoms with E-state index in [-0.39, 0.29) is 11.1 Å². The number of amides is 1. The van der Waals surface area contributed by atoms with Crippen molar-refractivity contribution in [2.45, 2.75) is 13.8 Å². The zero-order valence-corrected chi connectivity index (χ0v) is 24.4. The van der Waals surface area contributed by atoms with E-state index in [0.717, 1.165) is 46.7 Å². The lowest BCUT2D eigenvalue weighted by molar-refractivity contribution is 0.102. The Kier molecular flexibility index (Phi) is 7.52. The van der Waals surface area contributed by atoms with Crippen LogP contribution in [-0.4, -0.2) is 51.5 Å². The second-order valence-electron chi connectivity index (χ2n) is 10.5. The molecule has 0 saturated carbocycles. The van der Waals surface area contributed by atoms with Gasteiger partial charge in [-0.15, -0.1) is 0 Å². The lowest BCUT2D eigenvalue weighted by atomic mass is 9.94. The molecule has 1 aliphatic heterocycles. The highest BCUT2D eigenvalue weighted by Gasteiger charge is 2.23. The first-order valence-electron chi connectivity index (χ1n) is 14.1. The summed E-state index contributed by atoms with van der Waals surface area (Å²) in [7, 11) is 1.76. The number of morpholine rings is 1. The van der Waals surface area contributed by atoms with Gasteiger partial charge in [0.05, 0.1) is 24.6 Å². The van der Waals surface area contributed by atoms with Crippen molar-refractivity contribution in [1.29, 1.82) is 0 Å². The van der Waals surface area contributed by atoms with Crippen molar-refractivity contribution in [1.82, 2.24) is 19.3 Å². The predicted molar refractivity (Wildman–Crippen MR) is 169 cm³/mol. The maximum absolute atomic E-state index is 13.3. The normalized spacial score (nSPS) is 13.2. The lowest BCUT2D eigenvalue weighted by Crippen LogP contribution is -2.36. The number of nitrogens with one attached hydrogen (secondary N) is 1. The number of nitrogens with zero attached hydrogens (tertiary/aromatic N) is 5. The summed E-state index contributed by atoms with van der Waals surface area (Å²) in [5.74, 6) is 0.860. The number of hydrogen-bond donors (Lipinski definition) is 2. The van der Waals surface area contributed by atoms with Gasteiger partial charge in [-0.2, -0.15) is 0 Å². The Morgan fingerprint density at radius 1 is 0.953 bits per heavy atom. The Balaban J connectivity index is 1.26. The smallest absolute Gasteiger partial charge is 0.284 e. The number of rotatable bonds is 6. The summed E-state index contributed by atoms with van der Waals surface area (Å²) in [6.07, 6.45) is 3.61. The van der Waals surface area contributed by atoms with Gasteiger partial charge in [0.15, 0.2) is 0 Å². The number of pyridine rings is 2. The molecule has 0 unspecified atom stereocenters. The fourth-order valence-electron chi connectivity index (χ4n) is 5.57. The van der Waals surface area contributed by atoms with Crippen LogP contribution in [0.4, 0.5) is 17.3 Å². The van der Waals surface area contributed by atoms with E-state index in [0.29, 0.717) is 36.1 Å². The first kappa shape index (κ1) is 27.9. The average molecular weight is 576 g/mol. The van der Waals surface area contributed by atoms with Crippen LogP contribution in [0, 0.1) is 13.8 Å². The minimum absolute atomic E-state index is 0.0984. The number of nitrogen functional groups attached to an aromatic ring is 1. The van der Waals surface area contributed by atoms with Gasteiger partial charge in [-0.05, 0) is 66.9 Å². The monoisotopic (exact) mass is 575 g/mol. The standard InChI is InChI=1S/C33H33N7O3/c1-21-27(24-13-14-35-28(19-24)39-15-17-43-18-16-39)20-36-31(34)29(21)23-9-11-25(12-10-23)37-32(41)30-22(2)38(3)40(33(30)42)26-7-5-4-6-8-26/h4-14,19-20H,15-18H2,1-3H3,(H2,34,36)(H,37,41). The summed E-state index contributed by atoms with van der Waals surface area (Å²) in [6.45, 7) is 6.77. The fraction of sp³-hybridized carbons (Fsp3) is 0.212. The van der Waals surface area contributed by atoms with Crippen molar-refractivity contribution in [3.63, 3.8) is 0 Å². The summed E-state index contributed by atoms with van der Waals surface area (Å²) >= 11 is 0. The highest BCUT2D eigenvalue weighted by Crippen LogP contribution is 2.36. The van der Waals surface area contributed by atoms with Crippen LogP contribution in [0.25, 0.3) is 27.9 Å². The Hall–Kier alpha value is -5.22. The molecule has 2 aromatic carbocycles. The second kappa shape index (κ2) is 11.6. The van der Waals surface area contributed by atoms with Gasteiger partial charge in [-0.3, -0.25) is 14.3 Å². The molecular formula is C33H33N7O3. The van der Waals surface area contributed by atoms with E-state index in [1.165, 1.54) is 4.68 Å². The minimum atomic E-state index is -0.464. The number of benzene rings is 2. The Bertz CT molecular complexity index is 1850. The molecule has 1 fully saturated rings. The van der Waals surface area contributed by atoms with Crippen LogP contribution in [0.1, 0.15) is 21.6 Å². The first-order chi connectivity index (χ1) is 20.8. The van der Waals surface area contributed by atoms with Crippen LogP contribution >= 0.6 is 0 Å². The van der Waals surface area contributed by atoms with E-state index in [2.05, 4.69) is 26.3 Å². The molecule has 10 heteroatoms. The van der Waals surface area contributed by atoms with Gasteiger partial charge in [0, 0.05) is 49.3 Å². The van der Waals surface area contributed by atoms with Gasteiger partial charge >= 0.3 is 0 Å². The number of ether oxygens (including phenoxy) is 1. The van der Waals surface area contributed by atoms with E-state index in [9.17, 15) is 9.59 Å². The molecule has 6 rings (SSSR count). The van der Waals surface area contributed by atoms with Gasteiger partial charge in [0.1, 0.15) is 17.2 Å². The number of aromatic nitrogens is 4. The van der Waals surface area contributed by atoms with Crippen molar-refractivity contribution >= 4 is 23.2 Å². The summed E-state index contributed by atoms with van der Waals surface area (Å²) in [5.41, 5.74) is 12.6. The minimum Gasteiger partial charge on any atom is -0.383 e. The van der Waals surface area contributed by atoms with E-state index in [1.54, 1.807) is 37.0 Å². The van der Waals surface area contributed by atoms with Gasteiger partial charge in [-0.25, -0.2) is 14.6 Å². The number of carbonyl (C=O) groups excluding carboxylic acids is 1. The van der Waals surface area contributed by atoms with Crippen molar-refractivity contribution in [2.75, 3.05) is 42.3 Å². The molecule has 1 aliphatic rings. The van der Waals surface area contributed by atoms with Crippen LogP contribution in [-0.2, 0) is 11.8 Å². The zero-order valence-electron chi connectivity index (χ0n) is 24.4. The molecule has 0 aliphatic carbocycles. The third-order valence-electron chi connectivity index (χ3n) is 7.97. The SMILES string of the molecule is Cc1c(-c2ccnc(N3CCOCC3)c2)cnc(N)c1-c1ccc(NC(=O)c2c(C)n(C)n(-c3ccccc3)c2=O)cc1. The largest absolute Gasteiger partial charge is 0.383 e. The first-order valence-corrected chi connectivity index (χ1v) is 14.1. The highest BCUT2D eigenvalue weighted by atomic mass is 16.5. The summed E-state index contributed by atoms with van der Waals surface area (Å²) in [5, 5.41) is 2.88. The molecule has 4 heterocycles. The fourth-order valence-corrected chi connectivity index (χ4v) is 5.57. The lowest BCUT2D eigenvalue weighted by Gasteiger charge is -2.28. The molecule has 1 saturated heterocycles. The molecule has 10 nitrogen and oxygen atoms in total. The van der Waals surface area contributed by atoms with Crippen molar-refractivity contribution in [3.05, 3.63) is 106 Å². The molecule has 1 amide bonds. The van der Waals surface area contributed by atoms with Crippen molar-refractivity contribution < 1.29 is 9.53 Å². The molecule has 218 valence electrons. The molecule has 0 spiro atoms. The van der Waals surface area contributed by atoms with Crippen LogP contribution in [0.3, 0.4) is 0 Å². The molecule has 0 atom stereocenters. The number of anilines is 3. The van der Waals surface area contributed by atoms with Crippen LogP contribution in [0.5, 0.6) is 0 Å². The van der Waals surface area contributed by atoms with E-state index in [1.807, 2.05) is 61.7 Å². The van der Waals surface area contributed by atoms with Crippen molar-refractivity contribution in [2.24, 2.45) is 7.05 Å². The van der Waals surface area contributed by atoms with Gasteiger partial charge in [0.25, 0.3) is 11.5 Å². The number of hydrogen-bond acceptors (Lipinski definition) is 7. The van der Waals surface area contributed by atoms with E-state index in [4.69, 9.17) is 10.5 Å². The second-order valence-corrected chi connectivity index (χ2v) is 10.5. The number of carbonyl (C=O) groups is 1. The zero-order chi connectivity index (χ0) is 30.1. The summed E-state index contributed by atoms with van der Waals surface area (Å²) in [4.78, 5) is 37.8. The molecule has 43 heavy (non-hydrogen) atoms. The summed E-state index contributed by atoms with van der Waals surface area (Å²) in [6, 6.07) is 20.7. The molecular weight excluding hydrogens is 542 g/mol. The van der Waals surface area contributed by atoms with Gasteiger partial charge < -0.3 is 20.7 Å². The highest BCUT2D eigenvalue weighted by molar-refractivity contribution is 6.05. The Morgan fingerprint density at radius 3 is 2.40 bits per heavy atom. The number of nitrogens with two attached hydrogens (primary N) is 1. The van der Waals surface area contributed by atoms with Crippen molar-refractivity contribution in [3.8, 4) is 27.9 Å². The van der Waals surface area contributed by atoms with Crippen LogP contribution in [0.2, 0.25) is 0 Å². The molecule has 0 radical (unpaired) electrons. The average Bonchev–Trinajstić information content (AvgIpc) is 3.26. The maximum Gasteiger partial charge on any atom is 0.284 e. The van der Waals surface area contributed by atoms with E-state index >= 15 is 0 Å². The molecule has 0 bridgehead atoms. The van der Waals surface area contributed by atoms with Gasteiger partial charge in [-0.1, -0.05) is 30.3 Å². The topological polar surface area (TPSA) is 120 Å². The maximum atomic E-state index is 13.3. The van der Waals surface area contributed by atoms with E-state index < -0.39 is 5.91 Å². The molecule has 3 N–H and O–H groups in total. The Morgan fingerprint density at radius 2 is 1.67 bits per heavy atom. The third-order valence-corrected chi connectivity index (χ3v) is 7.97. The van der Waals surface area contributed by atoms with Gasteiger partial charge in [0.2, 0.25) is 0 Å². The molecule has 5 aromatic rings. The predicted octanol–water partition coefficient (Wildman–Crippen LogP) is 4.59.